The van der Waals surface area contributed by atoms with Crippen LogP contribution in [0.5, 0.6) is 5.75 Å². The minimum atomic E-state index is 0. The van der Waals surface area contributed by atoms with Crippen LogP contribution >= 0.6 is 12.4 Å². The first kappa shape index (κ1) is 16.1. The minimum absolute atomic E-state index is 0. The fraction of sp³-hybridized carbons (Fsp3) is 0.500. The summed E-state index contributed by atoms with van der Waals surface area (Å²) in [5, 5.41) is 9.94. The first-order valence-corrected chi connectivity index (χ1v) is 6.75. The van der Waals surface area contributed by atoms with Gasteiger partial charge in [-0.15, -0.1) is 12.4 Å². The average Bonchev–Trinajstić information content (AvgIpc) is 2.46. The van der Waals surface area contributed by atoms with E-state index in [0.29, 0.717) is 11.8 Å². The average molecular weight is 282 g/mol. The van der Waals surface area contributed by atoms with Crippen molar-refractivity contribution >= 4 is 12.4 Å². The van der Waals surface area contributed by atoms with Gasteiger partial charge in [0.05, 0.1) is 0 Å². The molecule has 0 spiro atoms. The Hall–Kier alpha value is -0.990. The van der Waals surface area contributed by atoms with Crippen LogP contribution < -0.4 is 0 Å². The van der Waals surface area contributed by atoms with Crippen LogP contribution in [0.25, 0.3) is 0 Å². The third kappa shape index (κ3) is 3.99. The van der Waals surface area contributed by atoms with Gasteiger partial charge in [-0.25, -0.2) is 0 Å². The Bertz CT molecular complexity index is 452. The SMILES string of the molecule is CC(C)=CCN1CCc2c(O)cccc2CC1C.Cl. The molecule has 19 heavy (non-hydrogen) atoms. The molecule has 1 unspecified atom stereocenters. The maximum absolute atomic E-state index is 9.94. The standard InChI is InChI=1S/C16H23NO.ClH/c1-12(2)7-9-17-10-8-15-14(11-13(17)3)5-4-6-16(15)18;/h4-7,13,18H,8-11H2,1-3H3;1H. The van der Waals surface area contributed by atoms with Crippen molar-refractivity contribution in [1.82, 2.24) is 4.90 Å². The Morgan fingerprint density at radius 3 is 2.84 bits per heavy atom. The van der Waals surface area contributed by atoms with Crippen LogP contribution in [0.15, 0.2) is 29.8 Å². The zero-order valence-electron chi connectivity index (χ0n) is 12.0. The number of fused-ring (bicyclic) bond motifs is 1. The highest BCUT2D eigenvalue weighted by Crippen LogP contribution is 2.26. The van der Waals surface area contributed by atoms with E-state index < -0.39 is 0 Å². The lowest BCUT2D eigenvalue weighted by Gasteiger charge is -2.25. The zero-order chi connectivity index (χ0) is 13.1. The van der Waals surface area contributed by atoms with E-state index in [2.05, 4.69) is 37.8 Å². The van der Waals surface area contributed by atoms with Gasteiger partial charge in [-0.3, -0.25) is 4.90 Å². The fourth-order valence-corrected chi connectivity index (χ4v) is 2.60. The lowest BCUT2D eigenvalue weighted by molar-refractivity contribution is 0.239. The van der Waals surface area contributed by atoms with Crippen molar-refractivity contribution < 1.29 is 5.11 Å². The van der Waals surface area contributed by atoms with Crippen molar-refractivity contribution in [2.24, 2.45) is 0 Å². The number of rotatable bonds is 2. The van der Waals surface area contributed by atoms with E-state index in [-0.39, 0.29) is 12.4 Å². The fourth-order valence-electron chi connectivity index (χ4n) is 2.60. The van der Waals surface area contributed by atoms with Gasteiger partial charge in [0, 0.05) is 19.1 Å². The summed E-state index contributed by atoms with van der Waals surface area (Å²) in [7, 11) is 0. The summed E-state index contributed by atoms with van der Waals surface area (Å²) >= 11 is 0. The highest BCUT2D eigenvalue weighted by molar-refractivity contribution is 5.85. The molecular formula is C16H24ClNO. The lowest BCUT2D eigenvalue weighted by atomic mass is 10.00. The molecule has 0 aliphatic carbocycles. The minimum Gasteiger partial charge on any atom is -0.508 e. The summed E-state index contributed by atoms with van der Waals surface area (Å²) in [6, 6.07) is 6.43. The third-order valence-electron chi connectivity index (χ3n) is 3.77. The number of phenolic OH excluding ortho intramolecular Hbond substituents is 1. The monoisotopic (exact) mass is 281 g/mol. The molecule has 0 radical (unpaired) electrons. The predicted molar refractivity (Wildman–Crippen MR) is 83.2 cm³/mol. The summed E-state index contributed by atoms with van der Waals surface area (Å²) in [4.78, 5) is 2.49. The first-order valence-electron chi connectivity index (χ1n) is 6.75. The van der Waals surface area contributed by atoms with Crippen LogP contribution in [0.4, 0.5) is 0 Å². The van der Waals surface area contributed by atoms with E-state index in [0.717, 1.165) is 31.5 Å². The molecule has 3 heteroatoms. The van der Waals surface area contributed by atoms with Crippen LogP contribution in [0.3, 0.4) is 0 Å². The number of benzene rings is 1. The second-order valence-electron chi connectivity index (χ2n) is 5.49. The van der Waals surface area contributed by atoms with Gasteiger partial charge in [-0.1, -0.05) is 23.8 Å². The second-order valence-corrected chi connectivity index (χ2v) is 5.49. The highest BCUT2D eigenvalue weighted by Gasteiger charge is 2.21. The van der Waals surface area contributed by atoms with Crippen LogP contribution in [0.1, 0.15) is 31.9 Å². The quantitative estimate of drug-likeness (QED) is 0.838. The Morgan fingerprint density at radius 1 is 1.42 bits per heavy atom. The maximum Gasteiger partial charge on any atom is 0.119 e. The van der Waals surface area contributed by atoms with E-state index in [1.807, 2.05) is 6.07 Å². The van der Waals surface area contributed by atoms with Crippen molar-refractivity contribution in [3.8, 4) is 5.75 Å². The molecule has 1 aromatic carbocycles. The second kappa shape index (κ2) is 6.97. The van der Waals surface area contributed by atoms with Crippen LogP contribution in [0.2, 0.25) is 0 Å². The molecule has 0 bridgehead atoms. The van der Waals surface area contributed by atoms with Crippen LogP contribution in [0, 0.1) is 0 Å². The number of allylic oxidation sites excluding steroid dienone is 1. The van der Waals surface area contributed by atoms with Gasteiger partial charge in [0.2, 0.25) is 0 Å². The number of aromatic hydroxyl groups is 1. The van der Waals surface area contributed by atoms with Gasteiger partial charge in [0.25, 0.3) is 0 Å². The van der Waals surface area contributed by atoms with Gasteiger partial charge in [-0.2, -0.15) is 0 Å². The summed E-state index contributed by atoms with van der Waals surface area (Å²) in [6.07, 6.45) is 4.26. The number of phenols is 1. The number of halogens is 1. The molecule has 1 atom stereocenters. The molecule has 0 saturated heterocycles. The smallest absolute Gasteiger partial charge is 0.119 e. The Kier molecular flexibility index (Phi) is 5.89. The van der Waals surface area contributed by atoms with E-state index >= 15 is 0 Å². The molecule has 2 rings (SSSR count). The normalized spacial score (nSPS) is 19.0. The molecule has 1 N–H and O–H groups in total. The van der Waals surface area contributed by atoms with Crippen molar-refractivity contribution in [1.29, 1.82) is 0 Å². The molecular weight excluding hydrogens is 258 g/mol. The predicted octanol–water partition coefficient (Wildman–Crippen LogP) is 3.57. The summed E-state index contributed by atoms with van der Waals surface area (Å²) < 4.78 is 0. The van der Waals surface area contributed by atoms with E-state index in [1.54, 1.807) is 6.07 Å². The van der Waals surface area contributed by atoms with Crippen LogP contribution in [-0.4, -0.2) is 29.1 Å². The zero-order valence-corrected chi connectivity index (χ0v) is 12.8. The molecule has 1 aliphatic heterocycles. The molecule has 1 aromatic rings. The Labute approximate surface area is 122 Å². The van der Waals surface area contributed by atoms with Crippen molar-refractivity contribution in [2.45, 2.75) is 39.7 Å². The lowest BCUT2D eigenvalue weighted by Crippen LogP contribution is -2.34. The molecule has 0 amide bonds. The van der Waals surface area contributed by atoms with Crippen molar-refractivity contribution in [3.63, 3.8) is 0 Å². The Balaban J connectivity index is 0.00000180. The summed E-state index contributed by atoms with van der Waals surface area (Å²) in [5.74, 6) is 0.462. The molecule has 106 valence electrons. The van der Waals surface area contributed by atoms with E-state index in [9.17, 15) is 5.11 Å². The number of nitrogens with zero attached hydrogens (tertiary/aromatic N) is 1. The van der Waals surface area contributed by atoms with Gasteiger partial charge >= 0.3 is 0 Å². The summed E-state index contributed by atoms with van der Waals surface area (Å²) in [5.41, 5.74) is 3.82. The topological polar surface area (TPSA) is 23.5 Å². The van der Waals surface area contributed by atoms with E-state index in [1.165, 1.54) is 11.1 Å². The maximum atomic E-state index is 9.94. The van der Waals surface area contributed by atoms with Gasteiger partial charge in [-0.05, 0) is 50.8 Å². The number of hydrogen-bond donors (Lipinski definition) is 1. The Morgan fingerprint density at radius 2 is 2.16 bits per heavy atom. The molecule has 1 aliphatic rings. The first-order chi connectivity index (χ1) is 8.58. The largest absolute Gasteiger partial charge is 0.508 e. The van der Waals surface area contributed by atoms with Crippen LogP contribution in [-0.2, 0) is 12.8 Å². The molecule has 0 saturated carbocycles. The van der Waals surface area contributed by atoms with Crippen molar-refractivity contribution in [2.75, 3.05) is 13.1 Å². The molecule has 1 heterocycles. The molecule has 0 fully saturated rings. The van der Waals surface area contributed by atoms with Gasteiger partial charge in [0.1, 0.15) is 5.75 Å². The summed E-state index contributed by atoms with van der Waals surface area (Å²) in [6.45, 7) is 8.60. The number of hydrogen-bond acceptors (Lipinski definition) is 2. The van der Waals surface area contributed by atoms with E-state index in [4.69, 9.17) is 0 Å². The molecule has 2 nitrogen and oxygen atoms in total. The van der Waals surface area contributed by atoms with Crippen molar-refractivity contribution in [3.05, 3.63) is 41.0 Å². The molecule has 0 aromatic heterocycles. The highest BCUT2D eigenvalue weighted by atomic mass is 35.5. The van der Waals surface area contributed by atoms with Gasteiger partial charge in [0.15, 0.2) is 0 Å². The van der Waals surface area contributed by atoms with Gasteiger partial charge < -0.3 is 5.11 Å². The third-order valence-corrected chi connectivity index (χ3v) is 3.77.